The summed E-state index contributed by atoms with van der Waals surface area (Å²) in [4.78, 5) is 30.8. The maximum atomic E-state index is 13.0. The molecule has 0 unspecified atom stereocenters. The van der Waals surface area contributed by atoms with Crippen LogP contribution in [-0.2, 0) is 23.3 Å². The monoisotopic (exact) mass is 326 g/mol. The van der Waals surface area contributed by atoms with E-state index in [1.807, 2.05) is 38.1 Å². The molecule has 2 aromatic rings. The number of rotatable bonds is 3. The van der Waals surface area contributed by atoms with Gasteiger partial charge in [-0.1, -0.05) is 43.3 Å². The normalized spacial score (nSPS) is 22.5. The van der Waals surface area contributed by atoms with Gasteiger partial charge in [0, 0.05) is 5.92 Å². The van der Waals surface area contributed by atoms with Gasteiger partial charge in [0.05, 0.1) is 6.54 Å². The minimum absolute atomic E-state index is 0.0187. The third kappa shape index (κ3) is 2.04. The fourth-order valence-corrected chi connectivity index (χ4v) is 3.44. The van der Waals surface area contributed by atoms with E-state index in [1.165, 1.54) is 4.90 Å². The lowest BCUT2D eigenvalue weighted by Gasteiger charge is -2.22. The predicted molar refractivity (Wildman–Crippen MR) is 83.9 cm³/mol. The Morgan fingerprint density at radius 1 is 1.33 bits per heavy atom. The molecule has 3 amide bonds. The molecule has 1 atom stereocenters. The van der Waals surface area contributed by atoms with Crippen molar-refractivity contribution in [1.29, 1.82) is 0 Å². The zero-order valence-corrected chi connectivity index (χ0v) is 13.6. The number of nitrogens with zero attached hydrogens (tertiary/aromatic N) is 3. The molecule has 124 valence electrons. The summed E-state index contributed by atoms with van der Waals surface area (Å²) in [5.41, 5.74) is 1.05. The number of hydrogen-bond donors (Lipinski definition) is 1. The molecule has 1 fully saturated rings. The summed E-state index contributed by atoms with van der Waals surface area (Å²) < 4.78 is 5.15. The third-order valence-corrected chi connectivity index (χ3v) is 4.70. The Morgan fingerprint density at radius 3 is 2.88 bits per heavy atom. The second-order valence-electron chi connectivity index (χ2n) is 6.59. The van der Waals surface area contributed by atoms with E-state index in [0.29, 0.717) is 18.1 Å². The minimum atomic E-state index is -0.946. The second-order valence-corrected chi connectivity index (χ2v) is 6.59. The highest BCUT2D eigenvalue weighted by Crippen LogP contribution is 2.41. The Balaban J connectivity index is 1.63. The minimum Gasteiger partial charge on any atom is -0.339 e. The topological polar surface area (TPSA) is 88.3 Å². The van der Waals surface area contributed by atoms with Crippen molar-refractivity contribution < 1.29 is 14.1 Å². The number of imide groups is 1. The number of amides is 3. The van der Waals surface area contributed by atoms with Crippen molar-refractivity contribution in [3.05, 3.63) is 47.1 Å². The Bertz CT molecular complexity index is 829. The first-order valence-electron chi connectivity index (χ1n) is 8.06. The summed E-state index contributed by atoms with van der Waals surface area (Å²) in [5.74, 6) is 0.694. The molecule has 1 aromatic carbocycles. The molecule has 0 saturated carbocycles. The van der Waals surface area contributed by atoms with Crippen LogP contribution >= 0.6 is 0 Å². The number of aromatic nitrogens is 2. The molecule has 0 radical (unpaired) electrons. The number of carbonyl (C=O) groups excluding carboxylic acids is 2. The quantitative estimate of drug-likeness (QED) is 0.873. The van der Waals surface area contributed by atoms with Crippen molar-refractivity contribution in [1.82, 2.24) is 20.4 Å². The average Bonchev–Trinajstić information content (AvgIpc) is 3.23. The first-order chi connectivity index (χ1) is 11.5. The molecule has 7 heteroatoms. The summed E-state index contributed by atoms with van der Waals surface area (Å²) in [6.45, 7) is 3.90. The summed E-state index contributed by atoms with van der Waals surface area (Å²) >= 11 is 0. The number of nitrogens with one attached hydrogen (secondary N) is 1. The maximum absolute atomic E-state index is 13.0. The summed E-state index contributed by atoms with van der Waals surface area (Å²) in [7, 11) is 0. The number of fused-ring (bicyclic) bond motifs is 2. The number of carbonyl (C=O) groups is 2. The van der Waals surface area contributed by atoms with E-state index in [-0.39, 0.29) is 18.4 Å². The van der Waals surface area contributed by atoms with Crippen LogP contribution in [0.3, 0.4) is 0 Å². The van der Waals surface area contributed by atoms with Crippen LogP contribution in [0, 0.1) is 0 Å². The van der Waals surface area contributed by atoms with Gasteiger partial charge < -0.3 is 9.84 Å². The van der Waals surface area contributed by atoms with E-state index in [0.717, 1.165) is 17.5 Å². The number of benzene rings is 1. The van der Waals surface area contributed by atoms with Gasteiger partial charge in [-0.25, -0.2) is 4.79 Å². The van der Waals surface area contributed by atoms with Gasteiger partial charge in [0.1, 0.15) is 5.54 Å². The van der Waals surface area contributed by atoms with Crippen molar-refractivity contribution in [3.63, 3.8) is 0 Å². The highest BCUT2D eigenvalue weighted by atomic mass is 16.5. The molecule has 4 rings (SSSR count). The standard InChI is InChI=1S/C17H18N4O3/c1-10(2)14-18-13(20-24-14)9-21-15(22)17(19-16(21)23)8-7-11-5-3-4-6-12(11)17/h3-6,10H,7-9H2,1-2H3,(H,19,23)/t17-/m1/s1. The molecule has 2 heterocycles. The average molecular weight is 326 g/mol. The SMILES string of the molecule is CC(C)c1nc(CN2C(=O)N[C@@]3(CCc4ccccc43)C2=O)no1. The smallest absolute Gasteiger partial charge is 0.325 e. The van der Waals surface area contributed by atoms with E-state index in [9.17, 15) is 9.59 Å². The molecule has 0 bridgehead atoms. The lowest BCUT2D eigenvalue weighted by Crippen LogP contribution is -2.41. The van der Waals surface area contributed by atoms with Gasteiger partial charge in [0.25, 0.3) is 5.91 Å². The molecule has 1 aromatic heterocycles. The first-order valence-corrected chi connectivity index (χ1v) is 8.06. The molecule has 1 aliphatic heterocycles. The van der Waals surface area contributed by atoms with Crippen molar-refractivity contribution in [2.24, 2.45) is 0 Å². The van der Waals surface area contributed by atoms with Gasteiger partial charge in [-0.05, 0) is 24.0 Å². The maximum Gasteiger partial charge on any atom is 0.325 e. The summed E-state index contributed by atoms with van der Waals surface area (Å²) in [6, 6.07) is 7.34. The van der Waals surface area contributed by atoms with Crippen LogP contribution in [0.25, 0.3) is 0 Å². The molecule has 7 nitrogen and oxygen atoms in total. The van der Waals surface area contributed by atoms with Crippen LogP contribution < -0.4 is 5.32 Å². The summed E-state index contributed by atoms with van der Waals surface area (Å²) in [6.07, 6.45) is 1.35. The lowest BCUT2D eigenvalue weighted by molar-refractivity contribution is -0.132. The molecule has 2 aliphatic rings. The number of hydrogen-bond acceptors (Lipinski definition) is 5. The highest BCUT2D eigenvalue weighted by molar-refractivity contribution is 6.08. The van der Waals surface area contributed by atoms with Crippen molar-refractivity contribution in [2.45, 2.75) is 44.7 Å². The fourth-order valence-electron chi connectivity index (χ4n) is 3.44. The Morgan fingerprint density at radius 2 is 2.12 bits per heavy atom. The number of aryl methyl sites for hydroxylation is 1. The second kappa shape index (κ2) is 5.15. The Kier molecular flexibility index (Phi) is 3.19. The summed E-state index contributed by atoms with van der Waals surface area (Å²) in [5, 5.41) is 6.76. The molecular formula is C17H18N4O3. The van der Waals surface area contributed by atoms with E-state index >= 15 is 0 Å². The van der Waals surface area contributed by atoms with E-state index in [1.54, 1.807) is 0 Å². The van der Waals surface area contributed by atoms with Gasteiger partial charge in [-0.2, -0.15) is 4.98 Å². The van der Waals surface area contributed by atoms with Gasteiger partial charge >= 0.3 is 6.03 Å². The van der Waals surface area contributed by atoms with Gasteiger partial charge in [0.15, 0.2) is 5.82 Å². The molecule has 24 heavy (non-hydrogen) atoms. The molecule has 1 saturated heterocycles. The Labute approximate surface area is 139 Å². The van der Waals surface area contributed by atoms with Crippen LogP contribution in [0.5, 0.6) is 0 Å². The van der Waals surface area contributed by atoms with Crippen LogP contribution in [0.15, 0.2) is 28.8 Å². The Hall–Kier alpha value is -2.70. The largest absolute Gasteiger partial charge is 0.339 e. The number of urea groups is 1. The molecular weight excluding hydrogens is 308 g/mol. The van der Waals surface area contributed by atoms with E-state index < -0.39 is 11.6 Å². The van der Waals surface area contributed by atoms with Gasteiger partial charge in [-0.15, -0.1) is 0 Å². The van der Waals surface area contributed by atoms with Gasteiger partial charge in [-0.3, -0.25) is 9.69 Å². The van der Waals surface area contributed by atoms with Crippen molar-refractivity contribution in [3.8, 4) is 0 Å². The lowest BCUT2D eigenvalue weighted by atomic mass is 9.92. The first kappa shape index (κ1) is 14.9. The van der Waals surface area contributed by atoms with E-state index in [4.69, 9.17) is 4.52 Å². The zero-order chi connectivity index (χ0) is 16.9. The third-order valence-electron chi connectivity index (χ3n) is 4.70. The van der Waals surface area contributed by atoms with Crippen LogP contribution in [0.2, 0.25) is 0 Å². The van der Waals surface area contributed by atoms with Gasteiger partial charge in [0.2, 0.25) is 5.89 Å². The predicted octanol–water partition coefficient (Wildman–Crippen LogP) is 2.09. The van der Waals surface area contributed by atoms with Crippen molar-refractivity contribution >= 4 is 11.9 Å². The van der Waals surface area contributed by atoms with Crippen LogP contribution in [0.4, 0.5) is 4.79 Å². The van der Waals surface area contributed by atoms with Crippen LogP contribution in [-0.4, -0.2) is 27.0 Å². The highest BCUT2D eigenvalue weighted by Gasteiger charge is 2.55. The fraction of sp³-hybridized carbons (Fsp3) is 0.412. The van der Waals surface area contributed by atoms with Crippen molar-refractivity contribution in [2.75, 3.05) is 0 Å². The van der Waals surface area contributed by atoms with Crippen LogP contribution in [0.1, 0.15) is 49.0 Å². The zero-order valence-electron chi connectivity index (χ0n) is 13.6. The molecule has 1 N–H and O–H groups in total. The molecule has 1 aliphatic carbocycles. The molecule has 1 spiro atoms. The van der Waals surface area contributed by atoms with E-state index in [2.05, 4.69) is 15.5 Å².